The summed E-state index contributed by atoms with van der Waals surface area (Å²) in [5, 5.41) is 1.88. The number of benzene rings is 4. The predicted octanol–water partition coefficient (Wildman–Crippen LogP) is 12.5. The largest absolute Gasteiger partial charge is 0.466 e. The molecule has 0 atom stereocenters. The molecule has 0 spiro atoms. The van der Waals surface area contributed by atoms with Gasteiger partial charge in [-0.3, -0.25) is 4.90 Å². The van der Waals surface area contributed by atoms with Crippen molar-refractivity contribution in [3.63, 3.8) is 0 Å². The number of aromatic nitrogens is 2. The number of methoxy groups -OCH3 is 2. The highest BCUT2D eigenvalue weighted by molar-refractivity contribution is 9.11. The molecule has 0 bridgehead atoms. The van der Waals surface area contributed by atoms with Crippen molar-refractivity contribution in [1.29, 1.82) is 0 Å². The molecule has 9 nitrogen and oxygen atoms in total. The van der Waals surface area contributed by atoms with E-state index in [4.69, 9.17) is 23.7 Å². The standard InChI is InChI=1S/C24H27BrN2O4S.C18H16BrNO2S/c1-6-27(23(28)31-24(2,3)4)17-9-10-19-21(14-17)32-22(26-19)12-8-16-7-11-20(18(25)13-16)30-15-29-5;1-12-3-6-15-17(9-12)23-18(20-15)8-5-13-4-7-16(14(19)10-13)22-11-21-2/h7-14H,6,15H2,1-5H3;3-10H,11H2,1-2H3/b12-8+;8-5+. The molecule has 0 radical (unpaired) electrons. The van der Waals surface area contributed by atoms with Crippen LogP contribution < -0.4 is 14.4 Å². The van der Waals surface area contributed by atoms with E-state index in [0.29, 0.717) is 6.54 Å². The Bertz CT molecular complexity index is 2300. The molecule has 0 unspecified atom stereocenters. The highest BCUT2D eigenvalue weighted by Crippen LogP contribution is 2.31. The third-order valence-corrected chi connectivity index (χ3v) is 10.8. The second-order valence-electron chi connectivity index (χ2n) is 13.1. The summed E-state index contributed by atoms with van der Waals surface area (Å²) in [6, 6.07) is 23.9. The number of anilines is 1. The second kappa shape index (κ2) is 19.7. The van der Waals surface area contributed by atoms with Crippen molar-refractivity contribution in [2.75, 3.05) is 39.3 Å². The van der Waals surface area contributed by atoms with E-state index in [1.165, 1.54) is 10.3 Å². The summed E-state index contributed by atoms with van der Waals surface area (Å²) >= 11 is 10.3. The normalized spacial score (nSPS) is 11.7. The topological polar surface area (TPSA) is 92.2 Å². The lowest BCUT2D eigenvalue weighted by atomic mass is 10.2. The minimum atomic E-state index is -0.542. The van der Waals surface area contributed by atoms with Gasteiger partial charge in [-0.15, -0.1) is 22.7 Å². The van der Waals surface area contributed by atoms with E-state index in [1.807, 2.05) is 101 Å². The zero-order valence-electron chi connectivity index (χ0n) is 31.7. The number of nitrogens with zero attached hydrogens (tertiary/aromatic N) is 3. The first-order valence-corrected chi connectivity index (χ1v) is 20.5. The van der Waals surface area contributed by atoms with Gasteiger partial charge in [0.15, 0.2) is 13.6 Å². The van der Waals surface area contributed by atoms with Gasteiger partial charge in [0.1, 0.15) is 27.1 Å². The molecule has 0 aliphatic heterocycles. The molecule has 6 rings (SSSR count). The Morgan fingerprint density at radius 2 is 1.24 bits per heavy atom. The fraction of sp³-hybridized carbons (Fsp3) is 0.262. The average Bonchev–Trinajstić information content (AvgIpc) is 3.75. The Kier molecular flexibility index (Phi) is 15.0. The van der Waals surface area contributed by atoms with Crippen LogP contribution in [0.4, 0.5) is 10.5 Å². The molecule has 2 heterocycles. The molecule has 0 aliphatic rings. The molecule has 0 saturated heterocycles. The van der Waals surface area contributed by atoms with Crippen LogP contribution in [0.2, 0.25) is 0 Å². The number of fused-ring (bicyclic) bond motifs is 2. The van der Waals surface area contributed by atoms with Gasteiger partial charge in [0.05, 0.1) is 29.4 Å². The van der Waals surface area contributed by atoms with Crippen LogP contribution >= 0.6 is 54.5 Å². The van der Waals surface area contributed by atoms with E-state index >= 15 is 0 Å². The molecule has 288 valence electrons. The molecule has 2 aromatic heterocycles. The molecule has 4 aromatic carbocycles. The number of halogens is 2. The number of hydrogen-bond acceptors (Lipinski definition) is 10. The van der Waals surface area contributed by atoms with Crippen LogP contribution in [0.1, 0.15) is 54.4 Å². The number of carbonyl (C=O) groups is 1. The lowest BCUT2D eigenvalue weighted by Crippen LogP contribution is -2.36. The summed E-state index contributed by atoms with van der Waals surface area (Å²) in [6.07, 6.45) is 7.72. The first kappa shape index (κ1) is 42.0. The van der Waals surface area contributed by atoms with E-state index in [0.717, 1.165) is 63.0 Å². The first-order valence-electron chi connectivity index (χ1n) is 17.3. The Morgan fingerprint density at radius 3 is 1.71 bits per heavy atom. The van der Waals surface area contributed by atoms with E-state index in [1.54, 1.807) is 41.8 Å². The monoisotopic (exact) mass is 907 g/mol. The summed E-state index contributed by atoms with van der Waals surface area (Å²) < 4.78 is 30.3. The summed E-state index contributed by atoms with van der Waals surface area (Å²) in [5.74, 6) is 1.49. The van der Waals surface area contributed by atoms with Gasteiger partial charge in [0.25, 0.3) is 0 Å². The summed E-state index contributed by atoms with van der Waals surface area (Å²) in [5.41, 5.74) is 5.55. The van der Waals surface area contributed by atoms with Crippen LogP contribution in [0.3, 0.4) is 0 Å². The van der Waals surface area contributed by atoms with Gasteiger partial charge < -0.3 is 23.7 Å². The van der Waals surface area contributed by atoms with Crippen molar-refractivity contribution in [2.24, 2.45) is 0 Å². The van der Waals surface area contributed by atoms with E-state index in [-0.39, 0.29) is 19.7 Å². The second-order valence-corrected chi connectivity index (χ2v) is 16.9. The number of ether oxygens (including phenoxy) is 5. The van der Waals surface area contributed by atoms with Crippen LogP contribution in [0, 0.1) is 6.92 Å². The number of carbonyl (C=O) groups excluding carboxylic acids is 1. The van der Waals surface area contributed by atoms with Crippen molar-refractivity contribution < 1.29 is 28.5 Å². The van der Waals surface area contributed by atoms with Crippen molar-refractivity contribution >= 4 is 111 Å². The smallest absolute Gasteiger partial charge is 0.414 e. The van der Waals surface area contributed by atoms with Crippen LogP contribution in [-0.4, -0.2) is 56.0 Å². The van der Waals surface area contributed by atoms with E-state index < -0.39 is 5.60 Å². The predicted molar refractivity (Wildman–Crippen MR) is 234 cm³/mol. The van der Waals surface area contributed by atoms with Crippen molar-refractivity contribution in [3.8, 4) is 11.5 Å². The summed E-state index contributed by atoms with van der Waals surface area (Å²) in [4.78, 5) is 23.5. The van der Waals surface area contributed by atoms with Crippen LogP contribution in [0.15, 0.2) is 81.7 Å². The number of aryl methyl sites for hydroxylation is 1. The quantitative estimate of drug-likeness (QED) is 0.112. The third-order valence-electron chi connectivity index (χ3n) is 7.60. The van der Waals surface area contributed by atoms with Crippen LogP contribution in [0.5, 0.6) is 11.5 Å². The Labute approximate surface area is 346 Å². The summed E-state index contributed by atoms with van der Waals surface area (Å²) in [7, 11) is 3.19. The number of amides is 1. The lowest BCUT2D eigenvalue weighted by molar-refractivity contribution is 0.0504. The zero-order valence-corrected chi connectivity index (χ0v) is 36.5. The fourth-order valence-electron chi connectivity index (χ4n) is 5.08. The van der Waals surface area contributed by atoms with Crippen LogP contribution in [-0.2, 0) is 14.2 Å². The molecular formula is C42H43Br2N3O6S2. The molecule has 0 saturated carbocycles. The molecule has 0 fully saturated rings. The Hall–Kier alpha value is -4.11. The van der Waals surface area contributed by atoms with Gasteiger partial charge in [-0.2, -0.15) is 0 Å². The highest BCUT2D eigenvalue weighted by Gasteiger charge is 2.22. The number of rotatable bonds is 12. The SMILES string of the molecule is CCN(C(=O)OC(C)(C)C)c1ccc2nc(/C=C/c3ccc(OCOC)c(Br)c3)sc2c1.COCOc1ccc(/C=C/c2nc3ccc(C)cc3s2)cc1Br. The first-order chi connectivity index (χ1) is 26.3. The maximum absolute atomic E-state index is 12.6. The minimum Gasteiger partial charge on any atom is -0.466 e. The maximum atomic E-state index is 12.6. The van der Waals surface area contributed by atoms with Gasteiger partial charge in [-0.1, -0.05) is 30.4 Å². The van der Waals surface area contributed by atoms with E-state index in [2.05, 4.69) is 73.0 Å². The van der Waals surface area contributed by atoms with Gasteiger partial charge in [-0.05, 0) is 150 Å². The number of hydrogen-bond donors (Lipinski definition) is 0. The molecule has 6 aromatic rings. The molecule has 0 N–H and O–H groups in total. The average molecular weight is 910 g/mol. The summed E-state index contributed by atoms with van der Waals surface area (Å²) in [6.45, 7) is 10.6. The highest BCUT2D eigenvalue weighted by atomic mass is 79.9. The zero-order chi connectivity index (χ0) is 39.5. The third kappa shape index (κ3) is 12.2. The molecule has 55 heavy (non-hydrogen) atoms. The van der Waals surface area contributed by atoms with Gasteiger partial charge >= 0.3 is 6.09 Å². The minimum absolute atomic E-state index is 0.199. The lowest BCUT2D eigenvalue weighted by Gasteiger charge is -2.26. The Morgan fingerprint density at radius 1 is 0.727 bits per heavy atom. The fourth-order valence-corrected chi connectivity index (χ4v) is 7.97. The van der Waals surface area contributed by atoms with Gasteiger partial charge in [-0.25, -0.2) is 14.8 Å². The van der Waals surface area contributed by atoms with Gasteiger partial charge in [0, 0.05) is 26.5 Å². The Balaban J connectivity index is 0.000000222. The molecule has 1 amide bonds. The van der Waals surface area contributed by atoms with Gasteiger partial charge in [0.2, 0.25) is 0 Å². The maximum Gasteiger partial charge on any atom is 0.414 e. The van der Waals surface area contributed by atoms with Crippen molar-refractivity contribution in [1.82, 2.24) is 9.97 Å². The van der Waals surface area contributed by atoms with Crippen molar-refractivity contribution in [2.45, 2.75) is 40.2 Å². The van der Waals surface area contributed by atoms with Crippen LogP contribution in [0.25, 0.3) is 44.7 Å². The van der Waals surface area contributed by atoms with E-state index in [9.17, 15) is 4.79 Å². The molecule has 13 heteroatoms. The number of thiazole rings is 2. The molecule has 0 aliphatic carbocycles. The molecular weight excluding hydrogens is 866 g/mol. The van der Waals surface area contributed by atoms with Crippen molar-refractivity contribution in [3.05, 3.63) is 108 Å².